The average Bonchev–Trinajstić information content (AvgIpc) is 3.53. The monoisotopic (exact) mass is 498 g/mol. The number of aryl methyl sites for hydroxylation is 1. The number of aromatic nitrogens is 2. The van der Waals surface area contributed by atoms with Crippen LogP contribution in [0.2, 0.25) is 0 Å². The van der Waals surface area contributed by atoms with Crippen molar-refractivity contribution < 1.29 is 4.74 Å². The van der Waals surface area contributed by atoms with Gasteiger partial charge in [0, 0.05) is 18.8 Å². The number of benzene rings is 1. The van der Waals surface area contributed by atoms with E-state index >= 15 is 0 Å². The number of ether oxygens (including phenoxy) is 1. The minimum absolute atomic E-state index is 0.138. The predicted octanol–water partition coefficient (Wildman–Crippen LogP) is 3.85. The smallest absolute Gasteiger partial charge is 0.266 e. The molecule has 0 spiro atoms. The molecule has 2 N–H and O–H groups in total. The van der Waals surface area contributed by atoms with E-state index in [1.165, 1.54) is 37.0 Å². The summed E-state index contributed by atoms with van der Waals surface area (Å²) < 4.78 is 7.02. The van der Waals surface area contributed by atoms with Crippen molar-refractivity contribution in [3.05, 3.63) is 54.4 Å². The second kappa shape index (κ2) is 11.5. The molecule has 4 rings (SSSR count). The lowest BCUT2D eigenvalue weighted by Crippen LogP contribution is -2.19. The van der Waals surface area contributed by atoms with Crippen molar-refractivity contribution in [1.29, 1.82) is 0 Å². The number of thiazole rings is 2. The first-order valence-corrected chi connectivity index (χ1v) is 13.0. The number of rotatable bonds is 9. The van der Waals surface area contributed by atoms with Crippen LogP contribution in [-0.4, -0.2) is 48.2 Å². The maximum atomic E-state index is 12.4. The standard InChI is InChI=1S/C24H30N6O2S2/c1-16-12-18(32-11-10-30(2)3)8-9-20(16)29-26-15-22-28-23(31)21(34-22)13-19-14-25-24(33-19)27-17-6-4-5-7-17/h8-9,12-15,17H,4-7,10-11H2,1-3H3,(H,25,27)(H,28,31). The molecular weight excluding hydrogens is 468 g/mol. The number of anilines is 1. The minimum atomic E-state index is -0.138. The normalized spacial score (nSPS) is 15.8. The van der Waals surface area contributed by atoms with E-state index in [2.05, 4.69) is 30.4 Å². The van der Waals surface area contributed by atoms with Gasteiger partial charge >= 0.3 is 0 Å². The van der Waals surface area contributed by atoms with Crippen molar-refractivity contribution in [3.63, 3.8) is 0 Å². The number of aromatic amines is 1. The molecule has 1 fully saturated rings. The molecule has 1 aromatic carbocycles. The minimum Gasteiger partial charge on any atom is -0.492 e. The van der Waals surface area contributed by atoms with Gasteiger partial charge in [0.05, 0.1) is 21.3 Å². The van der Waals surface area contributed by atoms with Gasteiger partial charge in [-0.15, -0.1) is 11.3 Å². The van der Waals surface area contributed by atoms with Crippen molar-refractivity contribution in [3.8, 4) is 5.75 Å². The average molecular weight is 499 g/mol. The quantitative estimate of drug-likeness (QED) is 0.437. The Labute approximate surface area is 206 Å². The first kappa shape index (κ1) is 24.3. The number of H-pyrrole nitrogens is 1. The second-order valence-electron chi connectivity index (χ2n) is 8.57. The van der Waals surface area contributed by atoms with E-state index in [0.717, 1.165) is 33.6 Å². The molecule has 0 atom stereocenters. The van der Waals surface area contributed by atoms with E-state index in [-0.39, 0.29) is 5.56 Å². The first-order valence-electron chi connectivity index (χ1n) is 11.4. The molecule has 2 heterocycles. The van der Waals surface area contributed by atoms with Crippen LogP contribution in [0.3, 0.4) is 0 Å². The molecule has 0 saturated heterocycles. The van der Waals surface area contributed by atoms with E-state index in [4.69, 9.17) is 4.74 Å². The molecular formula is C24H30N6O2S2. The fraction of sp³-hybridized carbons (Fsp3) is 0.417. The van der Waals surface area contributed by atoms with Gasteiger partial charge in [0.25, 0.3) is 5.56 Å². The lowest BCUT2D eigenvalue weighted by molar-refractivity contribution is 0.261. The Kier molecular flexibility index (Phi) is 8.25. The molecule has 180 valence electrons. The van der Waals surface area contributed by atoms with Gasteiger partial charge < -0.3 is 19.9 Å². The number of hydrogen-bond donors (Lipinski definition) is 2. The molecule has 0 aliphatic heterocycles. The number of hydrogen-bond acceptors (Lipinski definition) is 9. The number of nitrogens with one attached hydrogen (secondary N) is 2. The summed E-state index contributed by atoms with van der Waals surface area (Å²) >= 11 is 2.92. The molecule has 0 unspecified atom stereocenters. The fourth-order valence-corrected chi connectivity index (χ4v) is 5.35. The lowest BCUT2D eigenvalue weighted by atomic mass is 10.2. The van der Waals surface area contributed by atoms with Gasteiger partial charge in [0.2, 0.25) is 0 Å². The van der Waals surface area contributed by atoms with Crippen molar-refractivity contribution >= 4 is 45.8 Å². The Hall–Kier alpha value is -2.82. The third-order valence-corrected chi connectivity index (χ3v) is 7.30. The highest BCUT2D eigenvalue weighted by Gasteiger charge is 2.15. The van der Waals surface area contributed by atoms with Crippen LogP contribution in [0.1, 0.15) is 36.1 Å². The summed E-state index contributed by atoms with van der Waals surface area (Å²) in [7, 11) is 4.03. The zero-order valence-corrected chi connectivity index (χ0v) is 21.3. The third kappa shape index (κ3) is 6.85. The van der Waals surface area contributed by atoms with Crippen molar-refractivity contribution in [1.82, 2.24) is 14.9 Å². The summed E-state index contributed by atoms with van der Waals surface area (Å²) in [6.07, 6.45) is 10.2. The SMILES string of the molecule is Cc1cc(OCCN(C)C)ccc1N=NC=c1[nH]c(=O)c(=Cc2cnc(NC3CCCC3)s2)s1. The fourth-order valence-electron chi connectivity index (χ4n) is 3.63. The predicted molar refractivity (Wildman–Crippen MR) is 140 cm³/mol. The molecule has 1 saturated carbocycles. The van der Waals surface area contributed by atoms with Crippen molar-refractivity contribution in [2.24, 2.45) is 10.2 Å². The van der Waals surface area contributed by atoms with Gasteiger partial charge in [-0.3, -0.25) is 4.79 Å². The van der Waals surface area contributed by atoms with Crippen molar-refractivity contribution in [2.45, 2.75) is 38.6 Å². The van der Waals surface area contributed by atoms with Crippen LogP contribution in [0.4, 0.5) is 10.8 Å². The summed E-state index contributed by atoms with van der Waals surface area (Å²) in [6, 6.07) is 6.25. The van der Waals surface area contributed by atoms with Gasteiger partial charge in [0.15, 0.2) is 5.13 Å². The Morgan fingerprint density at radius 2 is 2.12 bits per heavy atom. The summed E-state index contributed by atoms with van der Waals surface area (Å²) in [5.74, 6) is 0.815. The largest absolute Gasteiger partial charge is 0.492 e. The number of likely N-dealkylation sites (N-methyl/N-ethyl adjacent to an activating group) is 1. The Morgan fingerprint density at radius 3 is 2.88 bits per heavy atom. The van der Waals surface area contributed by atoms with E-state index < -0.39 is 0 Å². The summed E-state index contributed by atoms with van der Waals surface area (Å²) in [6.45, 7) is 3.46. The van der Waals surface area contributed by atoms with Gasteiger partial charge in [-0.2, -0.15) is 10.2 Å². The van der Waals surface area contributed by atoms with E-state index in [9.17, 15) is 4.79 Å². The van der Waals surface area contributed by atoms with Gasteiger partial charge in [-0.25, -0.2) is 4.98 Å². The Morgan fingerprint density at radius 1 is 1.29 bits per heavy atom. The van der Waals surface area contributed by atoms with Gasteiger partial charge in [-0.1, -0.05) is 24.2 Å². The highest BCUT2D eigenvalue weighted by molar-refractivity contribution is 7.16. The van der Waals surface area contributed by atoms with Crippen LogP contribution in [0.25, 0.3) is 12.3 Å². The van der Waals surface area contributed by atoms with Crippen LogP contribution >= 0.6 is 22.7 Å². The van der Waals surface area contributed by atoms with E-state index in [0.29, 0.717) is 21.8 Å². The second-order valence-corrected chi connectivity index (χ2v) is 10.7. The third-order valence-electron chi connectivity index (χ3n) is 5.48. The highest BCUT2D eigenvalue weighted by Crippen LogP contribution is 2.26. The van der Waals surface area contributed by atoms with Crippen LogP contribution in [0.15, 0.2) is 39.4 Å². The highest BCUT2D eigenvalue weighted by atomic mass is 32.1. The maximum absolute atomic E-state index is 12.4. The van der Waals surface area contributed by atoms with Crippen LogP contribution in [0, 0.1) is 6.92 Å². The Bertz CT molecular complexity index is 1300. The zero-order valence-electron chi connectivity index (χ0n) is 19.7. The zero-order chi connectivity index (χ0) is 23.9. The van der Waals surface area contributed by atoms with Gasteiger partial charge in [0.1, 0.15) is 17.0 Å². The molecule has 1 aliphatic rings. The van der Waals surface area contributed by atoms with Crippen LogP contribution in [0.5, 0.6) is 5.75 Å². The summed E-state index contributed by atoms with van der Waals surface area (Å²) in [5.41, 5.74) is 1.59. The maximum Gasteiger partial charge on any atom is 0.266 e. The van der Waals surface area contributed by atoms with Crippen LogP contribution < -0.4 is 24.8 Å². The summed E-state index contributed by atoms with van der Waals surface area (Å²) in [4.78, 5) is 22.7. The van der Waals surface area contributed by atoms with Crippen LogP contribution in [-0.2, 0) is 0 Å². The van der Waals surface area contributed by atoms with Gasteiger partial charge in [-0.05, 0) is 63.7 Å². The molecule has 10 heteroatoms. The molecule has 0 radical (unpaired) electrons. The molecule has 2 aromatic heterocycles. The molecule has 1 aliphatic carbocycles. The van der Waals surface area contributed by atoms with E-state index in [1.807, 2.05) is 45.3 Å². The number of nitrogens with zero attached hydrogens (tertiary/aromatic N) is 4. The molecule has 0 bridgehead atoms. The Balaban J connectivity index is 1.42. The molecule has 3 aromatic rings. The molecule has 0 amide bonds. The summed E-state index contributed by atoms with van der Waals surface area (Å²) in [5, 5.41) is 12.9. The molecule has 34 heavy (non-hydrogen) atoms. The van der Waals surface area contributed by atoms with Crippen molar-refractivity contribution in [2.75, 3.05) is 32.6 Å². The lowest BCUT2D eigenvalue weighted by Gasteiger charge is -2.11. The number of azo groups is 1. The van der Waals surface area contributed by atoms with E-state index in [1.54, 1.807) is 23.7 Å². The molecule has 8 nitrogen and oxygen atoms in total. The first-order chi connectivity index (χ1) is 16.5. The topological polar surface area (TPSA) is 95.0 Å².